The molecular weight excluding hydrogens is 124 g/mol. The fourth-order valence-electron chi connectivity index (χ4n) is 0.355. The van der Waals surface area contributed by atoms with Gasteiger partial charge < -0.3 is 5.41 Å². The van der Waals surface area contributed by atoms with E-state index in [1.54, 1.807) is 24.3 Å². The number of nitriles is 1. The zero-order valence-electron chi connectivity index (χ0n) is 5.54. The second kappa shape index (κ2) is 5.52. The molecule has 0 aromatic carbocycles. The number of nitrogens with one attached hydrogen (secondary N) is 1. The van der Waals surface area contributed by atoms with Crippen LogP contribution in [0.3, 0.4) is 0 Å². The van der Waals surface area contributed by atoms with Crippen LogP contribution in [-0.2, 0) is 0 Å². The monoisotopic (exact) mass is 132 g/mol. The van der Waals surface area contributed by atoms with Crippen molar-refractivity contribution in [2.75, 3.05) is 0 Å². The third-order valence-corrected chi connectivity index (χ3v) is 0.808. The molecule has 0 aliphatic heterocycles. The van der Waals surface area contributed by atoms with Crippen LogP contribution in [0.15, 0.2) is 36.5 Å². The summed E-state index contributed by atoms with van der Waals surface area (Å²) in [6.45, 7) is 3.45. The third-order valence-electron chi connectivity index (χ3n) is 0.808. The smallest absolute Gasteiger partial charge is 0.101 e. The molecule has 0 fully saturated rings. The summed E-state index contributed by atoms with van der Waals surface area (Å²) in [5, 5.41) is 15.0. The molecule has 0 radical (unpaired) electrons. The normalized spacial score (nSPS) is 10.9. The largest absolute Gasteiger partial charge is 0.307 e. The molecule has 0 aromatic heterocycles. The molecule has 0 amide bonds. The summed E-state index contributed by atoms with van der Waals surface area (Å²) in [6.07, 6.45) is 7.52. The standard InChI is InChI=1S/C8H8N2/c1-2-3-4-5-8(6-9)7-10/h2-6,9H,1H2/b4-3+,8-5+,9-6?. The molecule has 0 bridgehead atoms. The number of allylic oxidation sites excluding steroid dienone is 5. The second-order valence-electron chi connectivity index (χ2n) is 1.50. The van der Waals surface area contributed by atoms with Crippen LogP contribution in [-0.4, -0.2) is 6.21 Å². The molecule has 0 atom stereocenters. The Morgan fingerprint density at radius 1 is 1.50 bits per heavy atom. The Morgan fingerprint density at radius 2 is 2.20 bits per heavy atom. The van der Waals surface area contributed by atoms with Gasteiger partial charge in [0, 0.05) is 6.21 Å². The lowest BCUT2D eigenvalue weighted by atomic mass is 10.3. The van der Waals surface area contributed by atoms with Crippen molar-refractivity contribution in [2.45, 2.75) is 0 Å². The van der Waals surface area contributed by atoms with Gasteiger partial charge in [-0.2, -0.15) is 5.26 Å². The van der Waals surface area contributed by atoms with E-state index in [0.717, 1.165) is 6.21 Å². The Bertz CT molecular complexity index is 216. The Morgan fingerprint density at radius 3 is 2.60 bits per heavy atom. The van der Waals surface area contributed by atoms with Crippen molar-refractivity contribution in [2.24, 2.45) is 0 Å². The van der Waals surface area contributed by atoms with Crippen molar-refractivity contribution in [1.29, 1.82) is 10.7 Å². The predicted molar refractivity (Wildman–Crippen MR) is 41.8 cm³/mol. The first-order chi connectivity index (χ1) is 4.85. The predicted octanol–water partition coefficient (Wildman–Crippen LogP) is 1.83. The van der Waals surface area contributed by atoms with E-state index in [4.69, 9.17) is 10.7 Å². The van der Waals surface area contributed by atoms with Crippen molar-refractivity contribution < 1.29 is 0 Å². The topological polar surface area (TPSA) is 47.6 Å². The van der Waals surface area contributed by atoms with Crippen molar-refractivity contribution >= 4 is 6.21 Å². The van der Waals surface area contributed by atoms with Crippen molar-refractivity contribution in [3.8, 4) is 6.07 Å². The maximum atomic E-state index is 8.30. The van der Waals surface area contributed by atoms with Crippen LogP contribution in [0, 0.1) is 16.7 Å². The van der Waals surface area contributed by atoms with Gasteiger partial charge in [0.05, 0.1) is 5.57 Å². The van der Waals surface area contributed by atoms with E-state index in [0.29, 0.717) is 5.57 Å². The van der Waals surface area contributed by atoms with Crippen LogP contribution in [0.4, 0.5) is 0 Å². The summed E-state index contributed by atoms with van der Waals surface area (Å²) in [6, 6.07) is 1.84. The lowest BCUT2D eigenvalue weighted by molar-refractivity contribution is 1.49. The number of hydrogen-bond donors (Lipinski definition) is 1. The van der Waals surface area contributed by atoms with E-state index in [1.807, 2.05) is 6.07 Å². The van der Waals surface area contributed by atoms with E-state index >= 15 is 0 Å². The van der Waals surface area contributed by atoms with Crippen LogP contribution in [0.5, 0.6) is 0 Å². The summed E-state index contributed by atoms with van der Waals surface area (Å²) < 4.78 is 0. The van der Waals surface area contributed by atoms with Crippen molar-refractivity contribution in [1.82, 2.24) is 0 Å². The van der Waals surface area contributed by atoms with E-state index in [9.17, 15) is 0 Å². The average molecular weight is 132 g/mol. The van der Waals surface area contributed by atoms with Crippen molar-refractivity contribution in [3.05, 3.63) is 36.5 Å². The molecule has 0 aliphatic rings. The van der Waals surface area contributed by atoms with Gasteiger partial charge in [0.1, 0.15) is 6.07 Å². The fraction of sp³-hybridized carbons (Fsp3) is 0. The number of hydrogen-bond acceptors (Lipinski definition) is 2. The van der Waals surface area contributed by atoms with E-state index in [1.165, 1.54) is 0 Å². The van der Waals surface area contributed by atoms with Gasteiger partial charge in [-0.3, -0.25) is 0 Å². The summed E-state index contributed by atoms with van der Waals surface area (Å²) in [4.78, 5) is 0. The molecule has 0 unspecified atom stereocenters. The highest BCUT2D eigenvalue weighted by Gasteiger charge is 1.81. The number of rotatable bonds is 3. The van der Waals surface area contributed by atoms with Gasteiger partial charge in [0.2, 0.25) is 0 Å². The summed E-state index contributed by atoms with van der Waals surface area (Å²) in [5.74, 6) is 0. The molecule has 0 aliphatic carbocycles. The van der Waals surface area contributed by atoms with Crippen LogP contribution in [0.2, 0.25) is 0 Å². The number of nitrogens with zero attached hydrogens (tertiary/aromatic N) is 1. The minimum absolute atomic E-state index is 0.332. The highest BCUT2D eigenvalue weighted by molar-refractivity contribution is 5.81. The lowest BCUT2D eigenvalue weighted by Gasteiger charge is -1.77. The Hall–Kier alpha value is -1.62. The van der Waals surface area contributed by atoms with Crippen LogP contribution in [0.25, 0.3) is 0 Å². The first-order valence-corrected chi connectivity index (χ1v) is 2.75. The first-order valence-electron chi connectivity index (χ1n) is 2.75. The Balaban J connectivity index is 4.15. The van der Waals surface area contributed by atoms with Crippen molar-refractivity contribution in [3.63, 3.8) is 0 Å². The molecule has 0 heterocycles. The molecule has 0 spiro atoms. The molecule has 0 rings (SSSR count). The van der Waals surface area contributed by atoms with Gasteiger partial charge in [-0.25, -0.2) is 0 Å². The lowest BCUT2D eigenvalue weighted by Crippen LogP contribution is -1.74. The van der Waals surface area contributed by atoms with E-state index in [-0.39, 0.29) is 0 Å². The quantitative estimate of drug-likeness (QED) is 0.355. The van der Waals surface area contributed by atoms with Crippen LogP contribution in [0.1, 0.15) is 0 Å². The second-order valence-corrected chi connectivity index (χ2v) is 1.50. The van der Waals surface area contributed by atoms with Gasteiger partial charge >= 0.3 is 0 Å². The maximum absolute atomic E-state index is 8.30. The fourth-order valence-corrected chi connectivity index (χ4v) is 0.355. The molecule has 10 heavy (non-hydrogen) atoms. The highest BCUT2D eigenvalue weighted by Crippen LogP contribution is 1.87. The maximum Gasteiger partial charge on any atom is 0.101 e. The Kier molecular flexibility index (Phi) is 4.62. The van der Waals surface area contributed by atoms with Gasteiger partial charge in [-0.15, -0.1) is 0 Å². The molecule has 2 nitrogen and oxygen atoms in total. The van der Waals surface area contributed by atoms with Gasteiger partial charge in [0.15, 0.2) is 0 Å². The van der Waals surface area contributed by atoms with Gasteiger partial charge in [-0.1, -0.05) is 24.8 Å². The SMILES string of the molecule is C=C/C=C/C=C(/C#N)C=N. The van der Waals surface area contributed by atoms with E-state index in [2.05, 4.69) is 6.58 Å². The minimum Gasteiger partial charge on any atom is -0.307 e. The molecule has 0 saturated heterocycles. The zero-order valence-corrected chi connectivity index (χ0v) is 5.54. The zero-order chi connectivity index (χ0) is 7.82. The van der Waals surface area contributed by atoms with E-state index < -0.39 is 0 Å². The highest BCUT2D eigenvalue weighted by atomic mass is 14.3. The molecule has 0 saturated carbocycles. The summed E-state index contributed by atoms with van der Waals surface area (Å²) >= 11 is 0. The average Bonchev–Trinajstić information content (AvgIpc) is 1.99. The molecule has 0 aromatic rings. The first kappa shape index (κ1) is 8.38. The van der Waals surface area contributed by atoms with Gasteiger partial charge in [0.25, 0.3) is 0 Å². The van der Waals surface area contributed by atoms with Gasteiger partial charge in [-0.05, 0) is 6.08 Å². The molecule has 1 N–H and O–H groups in total. The molecule has 2 heteroatoms. The third kappa shape index (κ3) is 3.39. The van der Waals surface area contributed by atoms with Crippen LogP contribution < -0.4 is 0 Å². The van der Waals surface area contributed by atoms with Crippen LogP contribution >= 0.6 is 0 Å². The molecular formula is C8H8N2. The Labute approximate surface area is 60.3 Å². The summed E-state index contributed by atoms with van der Waals surface area (Å²) in [5.41, 5.74) is 0.332. The minimum atomic E-state index is 0.332. The molecule has 50 valence electrons. The summed E-state index contributed by atoms with van der Waals surface area (Å²) in [7, 11) is 0.